The van der Waals surface area contributed by atoms with E-state index in [1.807, 2.05) is 0 Å². The highest BCUT2D eigenvalue weighted by atomic mass is 16.3. The molecule has 1 saturated carbocycles. The van der Waals surface area contributed by atoms with Gasteiger partial charge in [0.25, 0.3) is 0 Å². The van der Waals surface area contributed by atoms with E-state index >= 15 is 0 Å². The van der Waals surface area contributed by atoms with Crippen LogP contribution in [-0.4, -0.2) is 83.5 Å². The summed E-state index contributed by atoms with van der Waals surface area (Å²) in [5.74, 6) is 1.28. The molecule has 0 radical (unpaired) electrons. The lowest BCUT2D eigenvalue weighted by Gasteiger charge is -2.44. The van der Waals surface area contributed by atoms with E-state index in [9.17, 15) is 14.7 Å². The molecule has 0 aromatic heterocycles. The van der Waals surface area contributed by atoms with Crippen LogP contribution in [0, 0.1) is 5.92 Å². The molecule has 1 aliphatic carbocycles. The summed E-state index contributed by atoms with van der Waals surface area (Å²) in [5.41, 5.74) is 0. The molecule has 1 fully saturated rings. The minimum absolute atomic E-state index is 0.327. The van der Waals surface area contributed by atoms with Crippen molar-refractivity contribution in [2.75, 3.05) is 45.9 Å². The summed E-state index contributed by atoms with van der Waals surface area (Å²) in [7, 11) is 0. The van der Waals surface area contributed by atoms with Crippen LogP contribution in [-0.2, 0) is 9.59 Å². The summed E-state index contributed by atoms with van der Waals surface area (Å²) in [6, 6.07) is 0.557. The van der Waals surface area contributed by atoms with Crippen LogP contribution in [0.15, 0.2) is 0 Å². The Bertz CT molecular complexity index is 927. The molecule has 0 aromatic carbocycles. The van der Waals surface area contributed by atoms with E-state index in [0.717, 1.165) is 77.8 Å². The van der Waals surface area contributed by atoms with E-state index in [-0.39, 0.29) is 0 Å². The average Bonchev–Trinajstić information content (AvgIpc) is 3.32. The van der Waals surface area contributed by atoms with E-state index in [1.54, 1.807) is 0 Å². The summed E-state index contributed by atoms with van der Waals surface area (Å²) in [5, 5.41) is 10.1. The number of hydrogen-bond donors (Lipinski definition) is 1. The molecule has 2 amide bonds. The number of aliphatic hydroxyl groups excluding tert-OH is 1. The molecular weight excluding hydrogens is 823 g/mol. The molecule has 1 N–H and O–H groups in total. The fourth-order valence-corrected chi connectivity index (χ4v) is 10.7. The monoisotopic (exact) mass is 944 g/mol. The maximum atomic E-state index is 13.5. The Kier molecular flexibility index (Phi) is 47.5. The zero-order chi connectivity index (χ0) is 48.5. The molecule has 0 bridgehead atoms. The second-order valence-corrected chi connectivity index (χ2v) is 21.8. The number of rotatable bonds is 54. The molecule has 0 spiro atoms. The highest BCUT2D eigenvalue weighted by Crippen LogP contribution is 2.32. The molecule has 0 unspecified atom stereocenters. The van der Waals surface area contributed by atoms with Gasteiger partial charge in [0.2, 0.25) is 11.8 Å². The van der Waals surface area contributed by atoms with Crippen molar-refractivity contribution in [1.82, 2.24) is 14.7 Å². The van der Waals surface area contributed by atoms with Crippen molar-refractivity contribution in [2.24, 2.45) is 5.92 Å². The van der Waals surface area contributed by atoms with E-state index in [1.165, 1.54) is 257 Å². The molecule has 0 heterocycles. The van der Waals surface area contributed by atoms with Crippen molar-refractivity contribution < 1.29 is 14.7 Å². The molecule has 1 rings (SSSR count). The molecule has 67 heavy (non-hydrogen) atoms. The van der Waals surface area contributed by atoms with Crippen molar-refractivity contribution in [3.05, 3.63) is 0 Å². The number of unbranched alkanes of at least 4 members (excludes halogenated alkanes) is 36. The maximum absolute atomic E-state index is 13.5. The minimum Gasteiger partial charge on any atom is -0.396 e. The molecule has 398 valence electrons. The predicted octanol–water partition coefficient (Wildman–Crippen LogP) is 18.0. The van der Waals surface area contributed by atoms with Crippen LogP contribution in [0.1, 0.15) is 323 Å². The average molecular weight is 945 g/mol. The van der Waals surface area contributed by atoms with Crippen molar-refractivity contribution in [3.8, 4) is 0 Å². The first kappa shape index (κ1) is 63.9. The van der Waals surface area contributed by atoms with Gasteiger partial charge in [-0.2, -0.15) is 0 Å². The lowest BCUT2D eigenvalue weighted by atomic mass is 9.79. The molecule has 0 aliphatic heterocycles. The zero-order valence-corrected chi connectivity index (χ0v) is 46.2. The highest BCUT2D eigenvalue weighted by molar-refractivity contribution is 5.76. The summed E-state index contributed by atoms with van der Waals surface area (Å²) in [4.78, 5) is 34.1. The Labute approximate surface area is 420 Å². The van der Waals surface area contributed by atoms with Crippen molar-refractivity contribution >= 4 is 11.8 Å². The molecule has 1 aliphatic rings. The van der Waals surface area contributed by atoms with E-state index in [0.29, 0.717) is 30.4 Å². The van der Waals surface area contributed by atoms with Gasteiger partial charge in [-0.3, -0.25) is 9.59 Å². The summed E-state index contributed by atoms with van der Waals surface area (Å²) in [6.45, 7) is 15.6. The molecule has 2 atom stereocenters. The second kappa shape index (κ2) is 49.8. The first-order chi connectivity index (χ1) is 33.0. The SMILES string of the molecule is CCCCCCCCCCN(CCCCCCCCCC)C(=O)CCCCCCCN(CCCCCCCC(=O)N(CCCCCCCCCC)CCCCCCCCCC)[C@@H]1CC[C@@H]1CO. The van der Waals surface area contributed by atoms with E-state index < -0.39 is 0 Å². The number of hydrogen-bond acceptors (Lipinski definition) is 4. The topological polar surface area (TPSA) is 64.1 Å². The predicted molar refractivity (Wildman–Crippen MR) is 294 cm³/mol. The fourth-order valence-electron chi connectivity index (χ4n) is 10.7. The van der Waals surface area contributed by atoms with Crippen LogP contribution >= 0.6 is 0 Å². The largest absolute Gasteiger partial charge is 0.396 e. The fraction of sp³-hybridized carbons (Fsp3) is 0.967. The van der Waals surface area contributed by atoms with Crippen LogP contribution in [0.4, 0.5) is 0 Å². The maximum Gasteiger partial charge on any atom is 0.222 e. The third-order valence-corrected chi connectivity index (χ3v) is 15.6. The second-order valence-electron chi connectivity index (χ2n) is 21.8. The lowest BCUT2D eigenvalue weighted by Crippen LogP contribution is -2.49. The number of amides is 2. The molecule has 0 saturated heterocycles. The normalized spacial score (nSPS) is 14.8. The first-order valence-corrected chi connectivity index (χ1v) is 30.9. The van der Waals surface area contributed by atoms with Gasteiger partial charge in [-0.25, -0.2) is 0 Å². The summed E-state index contributed by atoms with van der Waals surface area (Å²) in [6.07, 6.45) is 57.9. The molecule has 6 heteroatoms. The van der Waals surface area contributed by atoms with Crippen LogP contribution in [0.5, 0.6) is 0 Å². The van der Waals surface area contributed by atoms with Crippen LogP contribution < -0.4 is 0 Å². The third-order valence-electron chi connectivity index (χ3n) is 15.6. The standard InChI is InChI=1S/C61H121N3O3/c1-5-9-13-17-21-25-33-43-53-63(54-44-34-26-22-18-14-10-6-2)60(66)47-39-31-29-37-41-51-62(59-50-49-58(59)57-65)52-42-38-30-32-40-48-61(67)64(55-45-35-27-23-19-15-11-7-3)56-46-36-28-24-20-16-12-8-4/h58-59,65H,5-57H2,1-4H3/t58-,59-/m1/s1. The van der Waals surface area contributed by atoms with Gasteiger partial charge in [-0.15, -0.1) is 0 Å². The van der Waals surface area contributed by atoms with Gasteiger partial charge < -0.3 is 19.8 Å². The van der Waals surface area contributed by atoms with Gasteiger partial charge >= 0.3 is 0 Å². The van der Waals surface area contributed by atoms with Crippen LogP contribution in [0.25, 0.3) is 0 Å². The Morgan fingerprint density at radius 2 is 0.567 bits per heavy atom. The van der Waals surface area contributed by atoms with Crippen molar-refractivity contribution in [2.45, 2.75) is 329 Å². The highest BCUT2D eigenvalue weighted by Gasteiger charge is 2.34. The van der Waals surface area contributed by atoms with Crippen LogP contribution in [0.3, 0.4) is 0 Å². The minimum atomic E-state index is 0.327. The number of carbonyl (C=O) groups is 2. The third kappa shape index (κ3) is 38.2. The Balaban J connectivity index is 2.41. The quantitative estimate of drug-likeness (QED) is 0.0617. The van der Waals surface area contributed by atoms with Crippen molar-refractivity contribution in [1.29, 1.82) is 0 Å². The molecule has 6 nitrogen and oxygen atoms in total. The Morgan fingerprint density at radius 3 is 0.806 bits per heavy atom. The Hall–Kier alpha value is -1.14. The van der Waals surface area contributed by atoms with Gasteiger partial charge in [-0.05, 0) is 83.2 Å². The lowest BCUT2D eigenvalue weighted by molar-refractivity contribution is -0.132. The van der Waals surface area contributed by atoms with Crippen molar-refractivity contribution in [3.63, 3.8) is 0 Å². The molecule has 0 aromatic rings. The smallest absolute Gasteiger partial charge is 0.222 e. The number of carbonyl (C=O) groups excluding carboxylic acids is 2. The molecular formula is C61H121N3O3. The number of nitrogens with zero attached hydrogens (tertiary/aromatic N) is 3. The summed E-state index contributed by atoms with van der Waals surface area (Å²) < 4.78 is 0. The van der Waals surface area contributed by atoms with Gasteiger partial charge in [-0.1, -0.05) is 246 Å². The van der Waals surface area contributed by atoms with Gasteiger partial charge in [0.1, 0.15) is 0 Å². The van der Waals surface area contributed by atoms with E-state index in [2.05, 4.69) is 42.4 Å². The van der Waals surface area contributed by atoms with Gasteiger partial charge in [0.05, 0.1) is 0 Å². The first-order valence-electron chi connectivity index (χ1n) is 30.9. The van der Waals surface area contributed by atoms with E-state index in [4.69, 9.17) is 0 Å². The van der Waals surface area contributed by atoms with Gasteiger partial charge in [0.15, 0.2) is 0 Å². The van der Waals surface area contributed by atoms with Gasteiger partial charge in [0, 0.05) is 51.7 Å². The van der Waals surface area contributed by atoms with Crippen LogP contribution in [0.2, 0.25) is 0 Å². The Morgan fingerprint density at radius 1 is 0.328 bits per heavy atom. The number of aliphatic hydroxyl groups is 1. The summed E-state index contributed by atoms with van der Waals surface area (Å²) >= 11 is 0. The zero-order valence-electron chi connectivity index (χ0n) is 46.2.